The van der Waals surface area contributed by atoms with Crippen molar-refractivity contribution in [1.29, 1.82) is 0 Å². The van der Waals surface area contributed by atoms with Gasteiger partial charge in [-0.1, -0.05) is 24.3 Å². The van der Waals surface area contributed by atoms with E-state index in [0.29, 0.717) is 11.3 Å². The van der Waals surface area contributed by atoms with E-state index < -0.39 is 47.0 Å². The van der Waals surface area contributed by atoms with Crippen LogP contribution in [0.5, 0.6) is 5.75 Å². The molecule has 0 bridgehead atoms. The highest BCUT2D eigenvalue weighted by molar-refractivity contribution is 6.24. The molecule has 8 nitrogen and oxygen atoms in total. The average molecular weight is 478 g/mol. The first kappa shape index (κ1) is 22.8. The molecule has 5 rings (SSSR count). The monoisotopic (exact) mass is 478 g/mol. The fourth-order valence-electron chi connectivity index (χ4n) is 5.20. The van der Waals surface area contributed by atoms with Gasteiger partial charge in [-0.3, -0.25) is 19.7 Å². The van der Waals surface area contributed by atoms with Gasteiger partial charge in [0.1, 0.15) is 22.9 Å². The van der Waals surface area contributed by atoms with E-state index in [9.17, 15) is 23.9 Å². The Hall–Kier alpha value is -3.98. The van der Waals surface area contributed by atoms with E-state index in [0.717, 1.165) is 4.90 Å². The van der Waals surface area contributed by atoms with Gasteiger partial charge in [-0.2, -0.15) is 0 Å². The Morgan fingerprint density at radius 1 is 1.11 bits per heavy atom. The molecule has 2 aliphatic heterocycles. The van der Waals surface area contributed by atoms with E-state index in [1.165, 1.54) is 42.7 Å². The van der Waals surface area contributed by atoms with Gasteiger partial charge in [0.15, 0.2) is 0 Å². The van der Waals surface area contributed by atoms with Crippen LogP contribution < -0.4 is 10.2 Å². The van der Waals surface area contributed by atoms with Crippen LogP contribution in [0, 0.1) is 17.7 Å². The van der Waals surface area contributed by atoms with Crippen molar-refractivity contribution in [1.82, 2.24) is 5.32 Å². The third kappa shape index (κ3) is 3.59. The number of phenols is 1. The van der Waals surface area contributed by atoms with Crippen molar-refractivity contribution in [2.24, 2.45) is 11.8 Å². The average Bonchev–Trinajstić information content (AvgIpc) is 3.54. The predicted octanol–water partition coefficient (Wildman–Crippen LogP) is 3.12. The van der Waals surface area contributed by atoms with Crippen LogP contribution >= 0.6 is 0 Å². The van der Waals surface area contributed by atoms with Crippen molar-refractivity contribution >= 4 is 23.5 Å². The maximum atomic E-state index is 14.7. The lowest BCUT2D eigenvalue weighted by Gasteiger charge is -2.33. The highest BCUT2D eigenvalue weighted by atomic mass is 19.1. The fraction of sp³-hybridized carbons (Fsp3) is 0.269. The molecule has 2 aliphatic rings. The Labute approximate surface area is 200 Å². The summed E-state index contributed by atoms with van der Waals surface area (Å²) in [5.41, 5.74) is -1.17. The van der Waals surface area contributed by atoms with Crippen LogP contribution in [0.1, 0.15) is 24.3 Å². The zero-order valence-corrected chi connectivity index (χ0v) is 18.8. The maximum absolute atomic E-state index is 14.7. The summed E-state index contributed by atoms with van der Waals surface area (Å²) < 4.78 is 25.7. The minimum Gasteiger partial charge on any atom is -0.508 e. The van der Waals surface area contributed by atoms with Gasteiger partial charge in [-0.25, -0.2) is 9.29 Å². The quantitative estimate of drug-likeness (QED) is 0.414. The number of phenolic OH excluding ortho intramolecular Hbond substituents is 1. The zero-order valence-electron chi connectivity index (χ0n) is 18.8. The molecule has 3 heterocycles. The summed E-state index contributed by atoms with van der Waals surface area (Å²) in [6.45, 7) is 1.70. The largest absolute Gasteiger partial charge is 0.508 e. The van der Waals surface area contributed by atoms with Crippen LogP contribution in [0.3, 0.4) is 0 Å². The van der Waals surface area contributed by atoms with Crippen molar-refractivity contribution in [3.63, 3.8) is 0 Å². The first-order chi connectivity index (χ1) is 16.9. The van der Waals surface area contributed by atoms with E-state index in [4.69, 9.17) is 9.15 Å². The molecule has 0 aliphatic carbocycles. The van der Waals surface area contributed by atoms with Crippen LogP contribution in [0.15, 0.2) is 71.3 Å². The summed E-state index contributed by atoms with van der Waals surface area (Å²) in [5, 5.41) is 12.9. The Kier molecular flexibility index (Phi) is 5.64. The van der Waals surface area contributed by atoms with Gasteiger partial charge in [-0.15, -0.1) is 0 Å². The van der Waals surface area contributed by atoms with Crippen LogP contribution in [0.25, 0.3) is 0 Å². The Balaban J connectivity index is 1.67. The van der Waals surface area contributed by atoms with Crippen LogP contribution in [-0.4, -0.2) is 35.0 Å². The summed E-state index contributed by atoms with van der Waals surface area (Å²) in [6, 6.07) is 14.2. The number of nitrogens with zero attached hydrogens (tertiary/aromatic N) is 1. The number of esters is 1. The van der Waals surface area contributed by atoms with E-state index >= 15 is 0 Å². The third-order valence-electron chi connectivity index (χ3n) is 6.66. The molecule has 9 heteroatoms. The van der Waals surface area contributed by atoms with Crippen molar-refractivity contribution in [3.05, 3.63) is 84.1 Å². The van der Waals surface area contributed by atoms with Gasteiger partial charge >= 0.3 is 5.97 Å². The summed E-state index contributed by atoms with van der Waals surface area (Å²) in [7, 11) is 0. The summed E-state index contributed by atoms with van der Waals surface area (Å²) in [4.78, 5) is 41.9. The van der Waals surface area contributed by atoms with Gasteiger partial charge in [0, 0.05) is 6.42 Å². The highest BCUT2D eigenvalue weighted by Gasteiger charge is 2.69. The summed E-state index contributed by atoms with van der Waals surface area (Å²) in [5.74, 6) is -4.55. The number of imide groups is 1. The van der Waals surface area contributed by atoms with Gasteiger partial charge in [0.25, 0.3) is 0 Å². The van der Waals surface area contributed by atoms with E-state index in [1.807, 2.05) is 0 Å². The molecule has 4 atom stereocenters. The molecule has 35 heavy (non-hydrogen) atoms. The first-order valence-electron chi connectivity index (χ1n) is 11.3. The molecule has 0 unspecified atom stereocenters. The lowest BCUT2D eigenvalue weighted by molar-refractivity contribution is -0.154. The van der Waals surface area contributed by atoms with E-state index in [-0.39, 0.29) is 24.5 Å². The number of rotatable bonds is 6. The lowest BCUT2D eigenvalue weighted by atomic mass is 9.76. The van der Waals surface area contributed by atoms with E-state index in [1.54, 1.807) is 31.2 Å². The number of carbonyl (C=O) groups excluding carboxylic acids is 3. The molecule has 2 aromatic carbocycles. The first-order valence-corrected chi connectivity index (χ1v) is 11.3. The van der Waals surface area contributed by atoms with Gasteiger partial charge in [-0.05, 0) is 48.9 Å². The molecule has 3 aromatic rings. The lowest BCUT2D eigenvalue weighted by Crippen LogP contribution is -2.58. The van der Waals surface area contributed by atoms with Crippen molar-refractivity contribution in [2.75, 3.05) is 11.5 Å². The molecule has 180 valence electrons. The summed E-state index contributed by atoms with van der Waals surface area (Å²) in [6.07, 6.45) is 1.43. The van der Waals surface area contributed by atoms with Gasteiger partial charge < -0.3 is 14.3 Å². The second-order valence-corrected chi connectivity index (χ2v) is 8.64. The number of benzene rings is 2. The number of furan rings is 1. The second-order valence-electron chi connectivity index (χ2n) is 8.64. The zero-order chi connectivity index (χ0) is 24.7. The highest BCUT2D eigenvalue weighted by Crippen LogP contribution is 2.51. The number of hydrogen-bond acceptors (Lipinski definition) is 7. The number of ether oxygens (including phenoxy) is 1. The smallest absolute Gasteiger partial charge is 0.327 e. The molecule has 1 aromatic heterocycles. The maximum Gasteiger partial charge on any atom is 0.327 e. The van der Waals surface area contributed by atoms with Crippen molar-refractivity contribution in [3.8, 4) is 5.75 Å². The Morgan fingerprint density at radius 2 is 1.86 bits per heavy atom. The molecule has 0 radical (unpaired) electrons. The third-order valence-corrected chi connectivity index (χ3v) is 6.66. The molecule has 2 amide bonds. The number of halogens is 1. The number of aromatic hydroxyl groups is 1. The van der Waals surface area contributed by atoms with Gasteiger partial charge in [0.05, 0.1) is 36.4 Å². The number of para-hydroxylation sites is 1. The number of hydrogen-bond donors (Lipinski definition) is 2. The normalized spacial score (nSPS) is 25.7. The van der Waals surface area contributed by atoms with Crippen LogP contribution in [0.2, 0.25) is 0 Å². The Bertz CT molecular complexity index is 1280. The van der Waals surface area contributed by atoms with E-state index in [2.05, 4.69) is 5.32 Å². The predicted molar refractivity (Wildman–Crippen MR) is 122 cm³/mol. The van der Waals surface area contributed by atoms with Gasteiger partial charge in [0.2, 0.25) is 11.8 Å². The number of amides is 2. The fourth-order valence-corrected chi connectivity index (χ4v) is 5.20. The molecular formula is C26H23FN2O6. The summed E-state index contributed by atoms with van der Waals surface area (Å²) >= 11 is 0. The van der Waals surface area contributed by atoms with Crippen LogP contribution in [0.4, 0.5) is 10.1 Å². The Morgan fingerprint density at radius 3 is 2.51 bits per heavy atom. The number of fused-ring (bicyclic) bond motifs is 1. The number of anilines is 1. The SMILES string of the molecule is CCOC(=O)[C@@]1(Cc2ccc(O)cc2)N[C@@H](c2ccco2)[C@H]2C(=O)N(c3ccccc3F)C(=O)[C@H]21. The standard InChI is InChI=1S/C26H23FN2O6/c1-2-34-25(33)26(14-15-9-11-16(30)12-10-15)21-20(22(28-26)19-8-5-13-35-19)23(31)29(24(21)32)18-7-4-3-6-17(18)27/h3-13,20-22,28,30H,2,14H2,1H3/t20-,21-,22-,26-/m0/s1. The van der Waals surface area contributed by atoms with Crippen LogP contribution in [-0.2, 0) is 25.5 Å². The molecular weight excluding hydrogens is 455 g/mol. The molecule has 2 N–H and O–H groups in total. The van der Waals surface area contributed by atoms with Crippen molar-refractivity contribution in [2.45, 2.75) is 24.9 Å². The number of carbonyl (C=O) groups is 3. The minimum absolute atomic E-state index is 0.00534. The molecule has 2 fully saturated rings. The minimum atomic E-state index is -1.64. The molecule has 2 saturated heterocycles. The topological polar surface area (TPSA) is 109 Å². The second kappa shape index (κ2) is 8.66. The molecule has 0 spiro atoms. The number of nitrogens with one attached hydrogen (secondary N) is 1. The molecule has 0 saturated carbocycles. The van der Waals surface area contributed by atoms with Crippen molar-refractivity contribution < 1.29 is 33.0 Å².